The maximum atomic E-state index is 13.0. The van der Waals surface area contributed by atoms with Crippen molar-refractivity contribution in [3.63, 3.8) is 0 Å². The molecular formula is C26H29NO3S2. The van der Waals surface area contributed by atoms with Crippen LogP contribution in [-0.4, -0.2) is 32.2 Å². The number of unbranched alkanes of at least 4 members (excludes halogenated alkanes) is 1. The van der Waals surface area contributed by atoms with Gasteiger partial charge in [0, 0.05) is 0 Å². The molecule has 1 fully saturated rings. The average Bonchev–Trinajstić information content (AvgIpc) is 3.06. The third-order valence-corrected chi connectivity index (χ3v) is 7.18. The van der Waals surface area contributed by atoms with Crippen LogP contribution in [0.2, 0.25) is 0 Å². The Balaban J connectivity index is 1.77. The van der Waals surface area contributed by atoms with Crippen LogP contribution in [-0.2, 0) is 16.0 Å². The Kier molecular flexibility index (Phi) is 8.26. The van der Waals surface area contributed by atoms with Gasteiger partial charge in [-0.3, -0.25) is 9.69 Å². The second kappa shape index (κ2) is 10.9. The minimum atomic E-state index is -1.03. The molecular weight excluding hydrogens is 438 g/mol. The number of amides is 1. The number of aryl methyl sites for hydroxylation is 1. The van der Waals surface area contributed by atoms with E-state index < -0.39 is 12.0 Å². The minimum Gasteiger partial charge on any atom is -0.480 e. The van der Waals surface area contributed by atoms with Crippen LogP contribution in [0.25, 0.3) is 17.2 Å². The summed E-state index contributed by atoms with van der Waals surface area (Å²) >= 11 is 6.52. The van der Waals surface area contributed by atoms with E-state index in [0.717, 1.165) is 34.9 Å². The molecule has 2 aromatic carbocycles. The van der Waals surface area contributed by atoms with Crippen molar-refractivity contribution >= 4 is 46.3 Å². The van der Waals surface area contributed by atoms with Crippen molar-refractivity contribution in [1.82, 2.24) is 4.90 Å². The first-order valence-corrected chi connectivity index (χ1v) is 12.3. The van der Waals surface area contributed by atoms with Gasteiger partial charge >= 0.3 is 5.97 Å². The van der Waals surface area contributed by atoms with Gasteiger partial charge in [0.1, 0.15) is 10.4 Å². The number of aliphatic carboxylic acids is 1. The van der Waals surface area contributed by atoms with Gasteiger partial charge in [-0.15, -0.1) is 0 Å². The average molecular weight is 468 g/mol. The summed E-state index contributed by atoms with van der Waals surface area (Å²) in [5.41, 5.74) is 4.50. The summed E-state index contributed by atoms with van der Waals surface area (Å²) < 4.78 is 0.300. The molecule has 1 N–H and O–H groups in total. The monoisotopic (exact) mass is 467 g/mol. The van der Waals surface area contributed by atoms with E-state index in [1.807, 2.05) is 38.1 Å². The standard InChI is InChI=1S/C26H29NO3S2/c1-4-6-7-18-8-12-20(13-9-18)21-14-10-19(11-15-21)16-22-24(28)27(26(31)32-22)23(25(29)30)17(3)5-2/h8-17,23H,4-7H2,1-3H3,(H,29,30)/b22-16-/t17-,23-/m0/s1. The highest BCUT2D eigenvalue weighted by molar-refractivity contribution is 8.26. The van der Waals surface area contributed by atoms with E-state index in [9.17, 15) is 14.7 Å². The lowest BCUT2D eigenvalue weighted by molar-refractivity contribution is -0.147. The number of thioether (sulfide) groups is 1. The number of carboxylic acids is 1. The zero-order valence-corrected chi connectivity index (χ0v) is 20.3. The number of benzene rings is 2. The molecule has 6 heteroatoms. The van der Waals surface area contributed by atoms with Crippen LogP contribution in [0.4, 0.5) is 0 Å². The molecule has 0 radical (unpaired) electrons. The first kappa shape index (κ1) is 24.2. The molecule has 0 bridgehead atoms. The predicted molar refractivity (Wildman–Crippen MR) is 136 cm³/mol. The number of hydrogen-bond donors (Lipinski definition) is 1. The lowest BCUT2D eigenvalue weighted by Gasteiger charge is -2.27. The van der Waals surface area contributed by atoms with E-state index >= 15 is 0 Å². The topological polar surface area (TPSA) is 57.6 Å². The molecule has 0 saturated carbocycles. The van der Waals surface area contributed by atoms with Crippen LogP contribution in [0.15, 0.2) is 53.4 Å². The van der Waals surface area contributed by atoms with Gasteiger partial charge < -0.3 is 5.11 Å². The fourth-order valence-electron chi connectivity index (χ4n) is 3.72. The van der Waals surface area contributed by atoms with Crippen molar-refractivity contribution in [2.45, 2.75) is 52.5 Å². The molecule has 0 aromatic heterocycles. The van der Waals surface area contributed by atoms with Gasteiger partial charge in [-0.05, 0) is 47.1 Å². The molecule has 1 heterocycles. The van der Waals surface area contributed by atoms with Gasteiger partial charge in [0.2, 0.25) is 0 Å². The quantitative estimate of drug-likeness (QED) is 0.342. The molecule has 32 heavy (non-hydrogen) atoms. The SMILES string of the molecule is CCCCc1ccc(-c2ccc(/C=C3\SC(=S)N([C@H](C(=O)O)[C@@H](C)CC)C3=O)cc2)cc1. The van der Waals surface area contributed by atoms with E-state index in [1.165, 1.54) is 23.3 Å². The van der Waals surface area contributed by atoms with Crippen LogP contribution < -0.4 is 0 Å². The zero-order valence-electron chi connectivity index (χ0n) is 18.7. The van der Waals surface area contributed by atoms with Crippen molar-refractivity contribution in [3.8, 4) is 11.1 Å². The summed E-state index contributed by atoms with van der Waals surface area (Å²) in [6, 6.07) is 15.7. The number of carboxylic acid groups (broad SMARTS) is 1. The molecule has 3 rings (SSSR count). The molecule has 2 atom stereocenters. The summed E-state index contributed by atoms with van der Waals surface area (Å²) in [5, 5.41) is 9.66. The zero-order chi connectivity index (χ0) is 23.3. The molecule has 0 spiro atoms. The van der Waals surface area contributed by atoms with E-state index in [2.05, 4.69) is 31.2 Å². The third-order valence-electron chi connectivity index (χ3n) is 5.85. The van der Waals surface area contributed by atoms with Crippen molar-refractivity contribution in [1.29, 1.82) is 0 Å². The summed E-state index contributed by atoms with van der Waals surface area (Å²) in [6.45, 7) is 5.94. The normalized spacial score (nSPS) is 17.1. The first-order valence-electron chi connectivity index (χ1n) is 11.0. The van der Waals surface area contributed by atoms with Crippen LogP contribution in [0.3, 0.4) is 0 Å². The smallest absolute Gasteiger partial charge is 0.327 e. The van der Waals surface area contributed by atoms with Gasteiger partial charge in [-0.1, -0.05) is 106 Å². The second-order valence-electron chi connectivity index (χ2n) is 8.14. The number of thiocarbonyl (C=S) groups is 1. The Bertz CT molecular complexity index is 1010. The van der Waals surface area contributed by atoms with Gasteiger partial charge in [-0.2, -0.15) is 0 Å². The highest BCUT2D eigenvalue weighted by Crippen LogP contribution is 2.36. The van der Waals surface area contributed by atoms with Crippen LogP contribution in [0, 0.1) is 5.92 Å². The van der Waals surface area contributed by atoms with E-state index in [4.69, 9.17) is 12.2 Å². The van der Waals surface area contributed by atoms with Crippen LogP contribution in [0.5, 0.6) is 0 Å². The molecule has 1 saturated heterocycles. The van der Waals surface area contributed by atoms with Crippen LogP contribution >= 0.6 is 24.0 Å². The molecule has 1 aliphatic heterocycles. The number of nitrogens with zero attached hydrogens (tertiary/aromatic N) is 1. The fourth-order valence-corrected chi connectivity index (χ4v) is 5.05. The van der Waals surface area contributed by atoms with Crippen LogP contribution in [0.1, 0.15) is 51.2 Å². The van der Waals surface area contributed by atoms with E-state index in [0.29, 0.717) is 15.6 Å². The first-order chi connectivity index (χ1) is 15.3. The third kappa shape index (κ3) is 5.48. The van der Waals surface area contributed by atoms with E-state index in [-0.39, 0.29) is 11.8 Å². The van der Waals surface area contributed by atoms with Gasteiger partial charge in [0.05, 0.1) is 4.91 Å². The summed E-state index contributed by atoms with van der Waals surface area (Å²) in [7, 11) is 0. The van der Waals surface area contributed by atoms with E-state index in [1.54, 1.807) is 6.08 Å². The highest BCUT2D eigenvalue weighted by atomic mass is 32.2. The van der Waals surface area contributed by atoms with Gasteiger partial charge in [-0.25, -0.2) is 4.79 Å². The Morgan fingerprint density at radius 3 is 2.22 bits per heavy atom. The van der Waals surface area contributed by atoms with Crippen molar-refractivity contribution in [2.24, 2.45) is 5.92 Å². The molecule has 1 aliphatic rings. The van der Waals surface area contributed by atoms with Crippen molar-refractivity contribution in [2.75, 3.05) is 0 Å². The lowest BCUT2D eigenvalue weighted by Crippen LogP contribution is -2.47. The summed E-state index contributed by atoms with van der Waals surface area (Å²) in [5.74, 6) is -1.55. The Labute approximate surface area is 199 Å². The summed E-state index contributed by atoms with van der Waals surface area (Å²) in [4.78, 5) is 26.5. The largest absolute Gasteiger partial charge is 0.480 e. The number of hydrogen-bond acceptors (Lipinski definition) is 4. The van der Waals surface area contributed by atoms with Crippen molar-refractivity contribution in [3.05, 3.63) is 64.6 Å². The lowest BCUT2D eigenvalue weighted by atomic mass is 9.98. The second-order valence-corrected chi connectivity index (χ2v) is 9.82. The number of rotatable bonds is 9. The maximum absolute atomic E-state index is 13.0. The molecule has 0 unspecified atom stereocenters. The predicted octanol–water partition coefficient (Wildman–Crippen LogP) is 6.40. The Morgan fingerprint density at radius 1 is 1.09 bits per heavy atom. The number of carbonyl (C=O) groups is 2. The Morgan fingerprint density at radius 2 is 1.69 bits per heavy atom. The van der Waals surface area contributed by atoms with Gasteiger partial charge in [0.15, 0.2) is 0 Å². The number of carbonyl (C=O) groups excluding carboxylic acids is 1. The fraction of sp³-hybridized carbons (Fsp3) is 0.346. The molecule has 168 valence electrons. The van der Waals surface area contributed by atoms with Gasteiger partial charge in [0.25, 0.3) is 5.91 Å². The molecule has 2 aromatic rings. The molecule has 4 nitrogen and oxygen atoms in total. The highest BCUT2D eigenvalue weighted by Gasteiger charge is 2.42. The molecule has 0 aliphatic carbocycles. The molecule has 1 amide bonds. The minimum absolute atomic E-state index is 0.193. The Hall–Kier alpha value is -2.44. The maximum Gasteiger partial charge on any atom is 0.327 e. The summed E-state index contributed by atoms with van der Waals surface area (Å²) in [6.07, 6.45) is 5.93. The van der Waals surface area contributed by atoms with Crippen molar-refractivity contribution < 1.29 is 14.7 Å².